The third kappa shape index (κ3) is 1.53. The zero-order valence-electron chi connectivity index (χ0n) is 7.38. The first-order valence-electron chi connectivity index (χ1n) is 4.51. The van der Waals surface area contributed by atoms with Gasteiger partial charge < -0.3 is 10.1 Å². The number of rotatable bonds is 3. The highest BCUT2D eigenvalue weighted by Gasteiger charge is 2.39. The molecule has 12 heavy (non-hydrogen) atoms. The first-order valence-corrected chi connectivity index (χ1v) is 4.51. The Bertz CT molecular complexity index is 249. The van der Waals surface area contributed by atoms with Crippen LogP contribution in [0.1, 0.15) is 38.0 Å². The minimum atomic E-state index is -0.299. The fourth-order valence-corrected chi connectivity index (χ4v) is 1.55. The monoisotopic (exact) mass is 165 g/mol. The molecule has 1 saturated carbocycles. The first kappa shape index (κ1) is 7.87. The van der Waals surface area contributed by atoms with E-state index in [9.17, 15) is 5.11 Å². The lowest BCUT2D eigenvalue weighted by Gasteiger charge is -2.13. The maximum atomic E-state index is 9.75. The topological polar surface area (TPSA) is 36.0 Å². The molecule has 1 fully saturated rings. The highest BCUT2D eigenvalue weighted by molar-refractivity contribution is 5.08. The summed E-state index contributed by atoms with van der Waals surface area (Å²) in [5.41, 5.74) is 1.37. The first-order chi connectivity index (χ1) is 5.70. The summed E-state index contributed by atoms with van der Waals surface area (Å²) in [7, 11) is 0. The lowest BCUT2D eigenvalue weighted by atomic mass is 9.99. The molecule has 0 amide bonds. The van der Waals surface area contributed by atoms with E-state index < -0.39 is 0 Å². The SMILES string of the molecule is CC1(CC(O)c2ccc[nH]2)CC1. The van der Waals surface area contributed by atoms with Crippen LogP contribution in [0.4, 0.5) is 0 Å². The zero-order valence-corrected chi connectivity index (χ0v) is 7.38. The Morgan fingerprint density at radius 3 is 2.92 bits per heavy atom. The van der Waals surface area contributed by atoms with Crippen molar-refractivity contribution >= 4 is 0 Å². The van der Waals surface area contributed by atoms with Gasteiger partial charge in [0.2, 0.25) is 0 Å². The molecule has 1 aliphatic carbocycles. The molecule has 1 unspecified atom stereocenters. The largest absolute Gasteiger partial charge is 0.387 e. The Morgan fingerprint density at radius 2 is 2.42 bits per heavy atom. The molecule has 0 bridgehead atoms. The van der Waals surface area contributed by atoms with Crippen molar-refractivity contribution in [2.75, 3.05) is 0 Å². The molecule has 0 radical (unpaired) electrons. The molecule has 1 atom stereocenters. The minimum absolute atomic E-state index is 0.299. The predicted octanol–water partition coefficient (Wildman–Crippen LogP) is 2.24. The van der Waals surface area contributed by atoms with Crippen molar-refractivity contribution < 1.29 is 5.11 Å². The van der Waals surface area contributed by atoms with Crippen molar-refractivity contribution in [3.8, 4) is 0 Å². The van der Waals surface area contributed by atoms with Gasteiger partial charge in [0.05, 0.1) is 6.10 Å². The Kier molecular flexibility index (Phi) is 1.72. The van der Waals surface area contributed by atoms with Gasteiger partial charge in [-0.15, -0.1) is 0 Å². The van der Waals surface area contributed by atoms with Crippen molar-refractivity contribution in [3.05, 3.63) is 24.0 Å². The Labute approximate surface area is 72.6 Å². The van der Waals surface area contributed by atoms with Gasteiger partial charge in [-0.2, -0.15) is 0 Å². The summed E-state index contributed by atoms with van der Waals surface area (Å²) in [4.78, 5) is 3.04. The average Bonchev–Trinajstić information content (AvgIpc) is 2.55. The number of aromatic amines is 1. The molecule has 0 aromatic carbocycles. The second-order valence-corrected chi connectivity index (χ2v) is 4.16. The lowest BCUT2D eigenvalue weighted by molar-refractivity contribution is 0.138. The van der Waals surface area contributed by atoms with E-state index in [1.807, 2.05) is 18.3 Å². The van der Waals surface area contributed by atoms with Gasteiger partial charge in [0.15, 0.2) is 0 Å². The third-order valence-corrected chi connectivity index (χ3v) is 2.77. The average molecular weight is 165 g/mol. The van der Waals surface area contributed by atoms with Gasteiger partial charge in [-0.1, -0.05) is 6.92 Å². The van der Waals surface area contributed by atoms with E-state index in [0.717, 1.165) is 12.1 Å². The Balaban J connectivity index is 1.97. The fourth-order valence-electron chi connectivity index (χ4n) is 1.55. The van der Waals surface area contributed by atoms with Crippen molar-refractivity contribution in [3.63, 3.8) is 0 Å². The van der Waals surface area contributed by atoms with Gasteiger partial charge in [-0.3, -0.25) is 0 Å². The molecular weight excluding hydrogens is 150 g/mol. The third-order valence-electron chi connectivity index (χ3n) is 2.77. The Morgan fingerprint density at radius 1 is 1.67 bits per heavy atom. The number of H-pyrrole nitrogens is 1. The van der Waals surface area contributed by atoms with Crippen LogP contribution in [0, 0.1) is 5.41 Å². The highest BCUT2D eigenvalue weighted by Crippen LogP contribution is 2.50. The van der Waals surface area contributed by atoms with Crippen LogP contribution in [0.15, 0.2) is 18.3 Å². The number of nitrogens with one attached hydrogen (secondary N) is 1. The summed E-state index contributed by atoms with van der Waals surface area (Å²) >= 11 is 0. The van der Waals surface area contributed by atoms with E-state index in [0.29, 0.717) is 5.41 Å². The molecule has 1 aromatic rings. The van der Waals surface area contributed by atoms with Gasteiger partial charge in [0.1, 0.15) is 0 Å². The number of aliphatic hydroxyl groups excluding tert-OH is 1. The van der Waals surface area contributed by atoms with Crippen LogP contribution in [0.5, 0.6) is 0 Å². The second kappa shape index (κ2) is 2.63. The zero-order chi connectivity index (χ0) is 8.60. The molecule has 1 aromatic heterocycles. The molecule has 0 spiro atoms. The maximum Gasteiger partial charge on any atom is 0.0942 e. The maximum absolute atomic E-state index is 9.75. The van der Waals surface area contributed by atoms with Crippen LogP contribution in [0.25, 0.3) is 0 Å². The van der Waals surface area contributed by atoms with E-state index in [-0.39, 0.29) is 6.10 Å². The van der Waals surface area contributed by atoms with Gasteiger partial charge in [-0.25, -0.2) is 0 Å². The van der Waals surface area contributed by atoms with Crippen molar-refractivity contribution in [1.82, 2.24) is 4.98 Å². The smallest absolute Gasteiger partial charge is 0.0942 e. The van der Waals surface area contributed by atoms with Gasteiger partial charge in [0, 0.05) is 11.9 Å². The van der Waals surface area contributed by atoms with E-state index in [4.69, 9.17) is 0 Å². The van der Waals surface area contributed by atoms with Crippen LogP contribution in [0.2, 0.25) is 0 Å². The normalized spacial score (nSPS) is 22.2. The lowest BCUT2D eigenvalue weighted by Crippen LogP contribution is -2.04. The minimum Gasteiger partial charge on any atom is -0.387 e. The molecule has 0 saturated heterocycles. The molecular formula is C10H15NO. The fraction of sp³-hybridized carbons (Fsp3) is 0.600. The van der Waals surface area contributed by atoms with Crippen molar-refractivity contribution in [2.45, 2.75) is 32.3 Å². The molecule has 1 heterocycles. The van der Waals surface area contributed by atoms with Crippen LogP contribution in [0.3, 0.4) is 0 Å². The van der Waals surface area contributed by atoms with E-state index in [1.54, 1.807) is 0 Å². The molecule has 2 heteroatoms. The number of aromatic nitrogens is 1. The van der Waals surface area contributed by atoms with Crippen molar-refractivity contribution in [2.24, 2.45) is 5.41 Å². The summed E-state index contributed by atoms with van der Waals surface area (Å²) in [5.74, 6) is 0. The van der Waals surface area contributed by atoms with Crippen molar-refractivity contribution in [1.29, 1.82) is 0 Å². The van der Waals surface area contributed by atoms with Gasteiger partial charge in [0.25, 0.3) is 0 Å². The van der Waals surface area contributed by atoms with Crippen LogP contribution in [-0.2, 0) is 0 Å². The number of hydrogen-bond acceptors (Lipinski definition) is 1. The molecule has 0 aliphatic heterocycles. The standard InChI is InChI=1S/C10H15NO/c1-10(4-5-10)7-9(12)8-3-2-6-11-8/h2-3,6,9,11-12H,4-5,7H2,1H3. The van der Waals surface area contributed by atoms with Crippen LogP contribution < -0.4 is 0 Å². The van der Waals surface area contributed by atoms with E-state index in [1.165, 1.54) is 12.8 Å². The van der Waals surface area contributed by atoms with Crippen LogP contribution >= 0.6 is 0 Å². The summed E-state index contributed by atoms with van der Waals surface area (Å²) < 4.78 is 0. The number of hydrogen-bond donors (Lipinski definition) is 2. The molecule has 1 aliphatic rings. The van der Waals surface area contributed by atoms with Gasteiger partial charge in [-0.05, 0) is 36.8 Å². The molecule has 2 rings (SSSR count). The molecule has 2 nitrogen and oxygen atoms in total. The Hall–Kier alpha value is -0.760. The quantitative estimate of drug-likeness (QED) is 0.708. The summed E-state index contributed by atoms with van der Waals surface area (Å²) in [6.45, 7) is 2.24. The predicted molar refractivity (Wildman–Crippen MR) is 47.7 cm³/mol. The summed E-state index contributed by atoms with van der Waals surface area (Å²) in [6, 6.07) is 3.87. The molecule has 2 N–H and O–H groups in total. The highest BCUT2D eigenvalue weighted by atomic mass is 16.3. The van der Waals surface area contributed by atoms with Crippen LogP contribution in [-0.4, -0.2) is 10.1 Å². The molecule has 66 valence electrons. The second-order valence-electron chi connectivity index (χ2n) is 4.16. The van der Waals surface area contributed by atoms with E-state index in [2.05, 4.69) is 11.9 Å². The summed E-state index contributed by atoms with van der Waals surface area (Å²) in [5, 5.41) is 9.75. The number of aliphatic hydroxyl groups is 1. The summed E-state index contributed by atoms with van der Waals surface area (Å²) in [6.07, 6.45) is 4.99. The van der Waals surface area contributed by atoms with Gasteiger partial charge >= 0.3 is 0 Å². The van der Waals surface area contributed by atoms with E-state index >= 15 is 0 Å².